The number of alkyl halides is 3. The average Bonchev–Trinajstić information content (AvgIpc) is 3.34. The summed E-state index contributed by atoms with van der Waals surface area (Å²) in [7, 11) is 1.94. The van der Waals surface area contributed by atoms with Crippen molar-refractivity contribution >= 4 is 34.4 Å². The molecule has 3 aromatic rings. The second kappa shape index (κ2) is 14.0. The SMILES string of the molecule is C[C@H](Cc1c[nH]c2c(C(=O)N(C)C3CCCCC3)cccc12)NC[C@H](O)c1cccc(Cl)c1.O=C(O)C(F)(F)F. The number of aromatic nitrogens is 1. The van der Waals surface area contributed by atoms with Crippen molar-refractivity contribution in [2.24, 2.45) is 0 Å². The second-order valence-electron chi connectivity index (χ2n) is 10.1. The molecule has 4 rings (SSSR count). The standard InChI is InChI=1S/C27H34ClN3O2.C2HF3O2/c1-18(29-17-25(32)19-8-6-9-21(28)15-19)14-20-16-30-26-23(20)12-7-13-24(26)27(33)31(2)22-10-4-3-5-11-22;3-2(4,5)1(6)7/h6-9,12-13,15-16,18,22,25,29-30,32H,3-5,10-11,14,17H2,1-2H3;(H,6,7)/t18-,25+;/m1./s1. The number of benzene rings is 2. The molecule has 0 saturated heterocycles. The van der Waals surface area contributed by atoms with Crippen LogP contribution >= 0.6 is 11.6 Å². The number of aliphatic hydroxyl groups excluding tert-OH is 1. The normalized spacial score (nSPS) is 15.7. The van der Waals surface area contributed by atoms with E-state index in [1.165, 1.54) is 19.3 Å². The number of carboxylic acids is 1. The van der Waals surface area contributed by atoms with Crippen molar-refractivity contribution < 1.29 is 33.0 Å². The molecule has 0 unspecified atom stereocenters. The number of hydrogen-bond acceptors (Lipinski definition) is 4. The van der Waals surface area contributed by atoms with Gasteiger partial charge in [0, 0.05) is 42.3 Å². The topological polar surface area (TPSA) is 106 Å². The van der Waals surface area contributed by atoms with Gasteiger partial charge < -0.3 is 25.4 Å². The first-order chi connectivity index (χ1) is 18.9. The molecule has 4 N–H and O–H groups in total. The van der Waals surface area contributed by atoms with Gasteiger partial charge in [-0.15, -0.1) is 0 Å². The van der Waals surface area contributed by atoms with Crippen LogP contribution in [0.2, 0.25) is 5.02 Å². The number of aromatic amines is 1. The lowest BCUT2D eigenvalue weighted by Gasteiger charge is -2.31. The summed E-state index contributed by atoms with van der Waals surface area (Å²) in [5, 5.41) is 22.7. The number of amides is 1. The van der Waals surface area contributed by atoms with Crippen LogP contribution in [0.3, 0.4) is 0 Å². The lowest BCUT2D eigenvalue weighted by molar-refractivity contribution is -0.192. The van der Waals surface area contributed by atoms with Crippen LogP contribution in [-0.2, 0) is 11.2 Å². The molecule has 218 valence electrons. The molecular weight excluding hydrogens is 547 g/mol. The van der Waals surface area contributed by atoms with Gasteiger partial charge in [-0.1, -0.05) is 55.1 Å². The highest BCUT2D eigenvalue weighted by molar-refractivity contribution is 6.30. The molecule has 2 atom stereocenters. The van der Waals surface area contributed by atoms with Gasteiger partial charge in [0.25, 0.3) is 5.91 Å². The van der Waals surface area contributed by atoms with Crippen LogP contribution in [0, 0.1) is 0 Å². The van der Waals surface area contributed by atoms with E-state index in [0.717, 1.165) is 46.9 Å². The second-order valence-corrected chi connectivity index (χ2v) is 10.6. The monoisotopic (exact) mass is 581 g/mol. The van der Waals surface area contributed by atoms with Crippen LogP contribution < -0.4 is 5.32 Å². The number of halogens is 4. The van der Waals surface area contributed by atoms with Crippen molar-refractivity contribution in [2.75, 3.05) is 13.6 Å². The Balaban J connectivity index is 0.000000559. The summed E-state index contributed by atoms with van der Waals surface area (Å²) >= 11 is 6.04. The van der Waals surface area contributed by atoms with E-state index in [4.69, 9.17) is 21.5 Å². The van der Waals surface area contributed by atoms with Crippen molar-refractivity contribution in [1.82, 2.24) is 15.2 Å². The molecule has 0 radical (unpaired) electrons. The zero-order chi connectivity index (χ0) is 29.4. The lowest BCUT2D eigenvalue weighted by atomic mass is 9.94. The van der Waals surface area contributed by atoms with E-state index in [1.54, 1.807) is 12.1 Å². The predicted molar refractivity (Wildman–Crippen MR) is 149 cm³/mol. The number of carboxylic acid groups (broad SMARTS) is 1. The van der Waals surface area contributed by atoms with Gasteiger partial charge in [-0.3, -0.25) is 4.79 Å². The summed E-state index contributed by atoms with van der Waals surface area (Å²) < 4.78 is 31.7. The Morgan fingerprint density at radius 2 is 1.80 bits per heavy atom. The maximum Gasteiger partial charge on any atom is 0.490 e. The molecule has 1 aromatic heterocycles. The van der Waals surface area contributed by atoms with Gasteiger partial charge >= 0.3 is 12.1 Å². The fraction of sp³-hybridized carbons (Fsp3) is 0.448. The fourth-order valence-corrected chi connectivity index (χ4v) is 5.13. The van der Waals surface area contributed by atoms with E-state index >= 15 is 0 Å². The smallest absolute Gasteiger partial charge is 0.475 e. The van der Waals surface area contributed by atoms with Gasteiger partial charge in [0.2, 0.25) is 0 Å². The van der Waals surface area contributed by atoms with E-state index < -0.39 is 18.2 Å². The number of carbonyl (C=O) groups is 2. The van der Waals surface area contributed by atoms with Gasteiger partial charge in [-0.05, 0) is 55.5 Å². The van der Waals surface area contributed by atoms with Crippen LogP contribution in [0.5, 0.6) is 0 Å². The largest absolute Gasteiger partial charge is 0.490 e. The third-order valence-corrected chi connectivity index (χ3v) is 7.37. The Bertz CT molecular complexity index is 1290. The number of hydrogen-bond donors (Lipinski definition) is 4. The van der Waals surface area contributed by atoms with Crippen molar-refractivity contribution in [1.29, 1.82) is 0 Å². The molecule has 1 fully saturated rings. The Kier molecular flexibility index (Phi) is 11.0. The number of fused-ring (bicyclic) bond motifs is 1. The zero-order valence-corrected chi connectivity index (χ0v) is 23.2. The molecule has 11 heteroatoms. The number of para-hydroxylation sites is 1. The van der Waals surface area contributed by atoms with Crippen molar-refractivity contribution in [2.45, 2.75) is 69.8 Å². The molecule has 7 nitrogen and oxygen atoms in total. The third kappa shape index (κ3) is 8.46. The average molecular weight is 582 g/mol. The summed E-state index contributed by atoms with van der Waals surface area (Å²) in [5.74, 6) is -2.66. The summed E-state index contributed by atoms with van der Waals surface area (Å²) in [6.07, 6.45) is 2.97. The molecule has 0 bridgehead atoms. The molecule has 0 aliphatic heterocycles. The Labute approximate surface area is 236 Å². The lowest BCUT2D eigenvalue weighted by Crippen LogP contribution is -2.38. The summed E-state index contributed by atoms with van der Waals surface area (Å²) in [6.45, 7) is 2.55. The van der Waals surface area contributed by atoms with E-state index in [-0.39, 0.29) is 11.9 Å². The van der Waals surface area contributed by atoms with E-state index in [0.29, 0.717) is 17.6 Å². The summed E-state index contributed by atoms with van der Waals surface area (Å²) in [5.41, 5.74) is 3.62. The molecule has 1 heterocycles. The van der Waals surface area contributed by atoms with Crippen LogP contribution in [0.15, 0.2) is 48.7 Å². The quantitative estimate of drug-likeness (QED) is 0.257. The number of rotatable bonds is 8. The van der Waals surface area contributed by atoms with Crippen LogP contribution in [0.25, 0.3) is 10.9 Å². The predicted octanol–water partition coefficient (Wildman–Crippen LogP) is 6.11. The number of carbonyl (C=O) groups excluding carboxylic acids is 1. The molecule has 0 spiro atoms. The number of aliphatic carboxylic acids is 1. The van der Waals surface area contributed by atoms with Crippen molar-refractivity contribution in [3.05, 3.63) is 70.4 Å². The highest BCUT2D eigenvalue weighted by Gasteiger charge is 2.38. The minimum Gasteiger partial charge on any atom is -0.475 e. The van der Waals surface area contributed by atoms with Crippen molar-refractivity contribution in [3.8, 4) is 0 Å². The fourth-order valence-electron chi connectivity index (χ4n) is 4.93. The van der Waals surface area contributed by atoms with Crippen LogP contribution in [0.1, 0.15) is 66.6 Å². The van der Waals surface area contributed by atoms with Crippen LogP contribution in [0.4, 0.5) is 13.2 Å². The van der Waals surface area contributed by atoms with Gasteiger partial charge in [0.1, 0.15) is 0 Å². The summed E-state index contributed by atoms with van der Waals surface area (Å²) in [4.78, 5) is 27.5. The Morgan fingerprint density at radius 1 is 1.15 bits per heavy atom. The molecule has 1 saturated carbocycles. The molecule has 1 aliphatic rings. The number of H-pyrrole nitrogens is 1. The minimum absolute atomic E-state index is 0.0942. The maximum atomic E-state index is 13.3. The zero-order valence-electron chi connectivity index (χ0n) is 22.5. The third-order valence-electron chi connectivity index (χ3n) is 7.14. The molecule has 40 heavy (non-hydrogen) atoms. The van der Waals surface area contributed by atoms with Crippen molar-refractivity contribution in [3.63, 3.8) is 0 Å². The highest BCUT2D eigenvalue weighted by Crippen LogP contribution is 2.27. The first-order valence-electron chi connectivity index (χ1n) is 13.2. The number of nitrogens with one attached hydrogen (secondary N) is 2. The summed E-state index contributed by atoms with van der Waals surface area (Å²) in [6, 6.07) is 13.8. The van der Waals surface area contributed by atoms with Crippen LogP contribution in [-0.4, -0.2) is 63.8 Å². The first-order valence-corrected chi connectivity index (χ1v) is 13.6. The molecule has 1 aliphatic carbocycles. The minimum atomic E-state index is -5.08. The van der Waals surface area contributed by atoms with Gasteiger partial charge in [-0.25, -0.2) is 4.79 Å². The van der Waals surface area contributed by atoms with E-state index in [9.17, 15) is 23.1 Å². The molecular formula is C29H35ClF3N3O4. The van der Waals surface area contributed by atoms with E-state index in [1.807, 2.05) is 42.4 Å². The Morgan fingerprint density at radius 3 is 2.42 bits per heavy atom. The highest BCUT2D eigenvalue weighted by atomic mass is 35.5. The molecule has 2 aromatic carbocycles. The number of aliphatic hydroxyl groups is 1. The molecule has 1 amide bonds. The maximum absolute atomic E-state index is 13.3. The number of nitrogens with zero attached hydrogens (tertiary/aromatic N) is 1. The van der Waals surface area contributed by atoms with E-state index in [2.05, 4.69) is 23.3 Å². The van der Waals surface area contributed by atoms with Gasteiger partial charge in [0.15, 0.2) is 0 Å². The van der Waals surface area contributed by atoms with Gasteiger partial charge in [0.05, 0.1) is 17.2 Å². The first kappa shape index (κ1) is 31.4. The van der Waals surface area contributed by atoms with Gasteiger partial charge in [-0.2, -0.15) is 13.2 Å². The Hall–Kier alpha value is -3.08.